The minimum absolute atomic E-state index is 0. The van der Waals surface area contributed by atoms with Gasteiger partial charge in [0.25, 0.3) is 0 Å². The third-order valence-corrected chi connectivity index (χ3v) is 2.91. The number of hydrogen-bond acceptors (Lipinski definition) is 1. The number of nitrogens with zero attached hydrogens (tertiary/aromatic N) is 1. The van der Waals surface area contributed by atoms with Crippen molar-refractivity contribution >= 4 is 5.91 Å². The second-order valence-electron chi connectivity index (χ2n) is 3.94. The first-order valence-corrected chi connectivity index (χ1v) is 5.68. The van der Waals surface area contributed by atoms with Crippen LogP contribution in [0.1, 0.15) is 45.4 Å². The zero-order valence-corrected chi connectivity index (χ0v) is 12.6. The summed E-state index contributed by atoms with van der Waals surface area (Å²) < 4.78 is 0. The fourth-order valence-corrected chi connectivity index (χ4v) is 1.92. The van der Waals surface area contributed by atoms with E-state index in [9.17, 15) is 4.79 Å². The molecule has 0 bridgehead atoms. The van der Waals surface area contributed by atoms with Gasteiger partial charge >= 0.3 is 0 Å². The van der Waals surface area contributed by atoms with Crippen LogP contribution in [0, 0.1) is 12.8 Å². The second-order valence-corrected chi connectivity index (χ2v) is 3.94. The van der Waals surface area contributed by atoms with Crippen LogP contribution in [-0.2, 0) is 37.5 Å². The minimum atomic E-state index is 0. The third-order valence-electron chi connectivity index (χ3n) is 2.91. The van der Waals surface area contributed by atoms with Crippen LogP contribution < -0.4 is 0 Å². The Balaban J connectivity index is 0.00000196. The summed E-state index contributed by atoms with van der Waals surface area (Å²) in [4.78, 5) is 13.4. The number of amides is 1. The van der Waals surface area contributed by atoms with E-state index in [2.05, 4.69) is 6.92 Å². The molecule has 0 saturated carbocycles. The summed E-state index contributed by atoms with van der Waals surface area (Å²) >= 11 is 0. The number of piperidine rings is 1. The van der Waals surface area contributed by atoms with Gasteiger partial charge in [-0.25, -0.2) is 0 Å². The first-order chi connectivity index (χ1) is 6.77. The van der Waals surface area contributed by atoms with Crippen LogP contribution in [0.3, 0.4) is 0 Å². The van der Waals surface area contributed by atoms with Crippen molar-refractivity contribution in [3.8, 4) is 0 Å². The van der Waals surface area contributed by atoms with Crippen molar-refractivity contribution in [1.82, 2.24) is 4.90 Å². The van der Waals surface area contributed by atoms with Gasteiger partial charge < -0.3 is 17.7 Å². The van der Waals surface area contributed by atoms with Gasteiger partial charge in [-0.15, -0.1) is 6.42 Å². The van der Waals surface area contributed by atoms with Crippen molar-refractivity contribution in [2.24, 2.45) is 0 Å². The van der Waals surface area contributed by atoms with Crippen LogP contribution in [-0.4, -0.2) is 23.9 Å². The molecule has 0 unspecified atom stereocenters. The van der Waals surface area contributed by atoms with Crippen LogP contribution in [0.4, 0.5) is 0 Å². The summed E-state index contributed by atoms with van der Waals surface area (Å²) in [6.45, 7) is 7.67. The molecule has 0 N–H and O–H groups in total. The molecule has 1 aliphatic rings. The van der Waals surface area contributed by atoms with Gasteiger partial charge in [0.1, 0.15) is 0 Å². The van der Waals surface area contributed by atoms with Gasteiger partial charge in [0.15, 0.2) is 0 Å². The summed E-state index contributed by atoms with van der Waals surface area (Å²) in [5, 5.41) is 0. The molecule has 1 heterocycles. The van der Waals surface area contributed by atoms with Gasteiger partial charge in [0, 0.05) is 39.1 Å². The van der Waals surface area contributed by atoms with E-state index in [1.54, 1.807) is 5.92 Å². The van der Waals surface area contributed by atoms with E-state index in [1.807, 2.05) is 11.8 Å². The van der Waals surface area contributed by atoms with Crippen LogP contribution in [0.5, 0.6) is 0 Å². The summed E-state index contributed by atoms with van der Waals surface area (Å²) in [6.07, 6.45) is 6.33. The standard InChI is InChI=1S/C12H21NO.Y/c1-3-5-6-11-7-9-13(10-8-11)12(14)4-2;/h1,3-10H2,2H3;/q-2;. The van der Waals surface area contributed by atoms with Gasteiger partial charge in [-0.2, -0.15) is 25.7 Å². The average molecular weight is 284 g/mol. The molecule has 0 aromatic rings. The molecule has 0 atom stereocenters. The third kappa shape index (κ3) is 5.44. The summed E-state index contributed by atoms with van der Waals surface area (Å²) in [5.41, 5.74) is 0. The predicted octanol–water partition coefficient (Wildman–Crippen LogP) is 2.60. The first kappa shape index (κ1) is 15.6. The number of likely N-dealkylation sites (tertiary alicyclic amines) is 1. The first-order valence-electron chi connectivity index (χ1n) is 5.68. The van der Waals surface area contributed by atoms with E-state index in [0.717, 1.165) is 32.4 Å². The molecule has 0 aliphatic carbocycles. The Morgan fingerprint density at radius 1 is 1.40 bits per heavy atom. The molecule has 15 heavy (non-hydrogen) atoms. The van der Waals surface area contributed by atoms with Crippen LogP contribution in [0.15, 0.2) is 0 Å². The normalized spacial score (nSPS) is 17.3. The smallest absolute Gasteiger partial charge is 0.222 e. The molecule has 1 fully saturated rings. The van der Waals surface area contributed by atoms with Crippen molar-refractivity contribution < 1.29 is 37.5 Å². The van der Waals surface area contributed by atoms with Gasteiger partial charge in [0.05, 0.1) is 0 Å². The molecule has 0 aromatic carbocycles. The monoisotopic (exact) mass is 284 g/mol. The Morgan fingerprint density at radius 3 is 2.47 bits per heavy atom. The Kier molecular flexibility index (Phi) is 9.03. The molecule has 3 heteroatoms. The summed E-state index contributed by atoms with van der Waals surface area (Å²) in [6, 6.07) is 0. The maximum Gasteiger partial charge on any atom is 0.222 e. The van der Waals surface area contributed by atoms with Gasteiger partial charge in [0.2, 0.25) is 5.91 Å². The van der Waals surface area contributed by atoms with Crippen molar-refractivity contribution in [2.75, 3.05) is 13.1 Å². The van der Waals surface area contributed by atoms with E-state index in [4.69, 9.17) is 0 Å². The van der Waals surface area contributed by atoms with Gasteiger partial charge in [-0.3, -0.25) is 4.79 Å². The zero-order valence-electron chi connectivity index (χ0n) is 9.80. The molecule has 2 nitrogen and oxygen atoms in total. The number of carbonyl (C=O) groups is 1. The Hall–Kier alpha value is 0.574. The fraction of sp³-hybridized carbons (Fsp3) is 0.750. The minimum Gasteiger partial charge on any atom is -0.348 e. The van der Waals surface area contributed by atoms with E-state index in [0.29, 0.717) is 12.3 Å². The topological polar surface area (TPSA) is 20.3 Å². The number of hydrogen-bond donors (Lipinski definition) is 0. The molecule has 85 valence electrons. The van der Waals surface area contributed by atoms with Crippen LogP contribution in [0.2, 0.25) is 0 Å². The molecule has 1 radical (unpaired) electrons. The number of rotatable bonds is 4. The SMILES string of the molecule is [CH2-]CCC[C-]1CCN(C(=O)CC)CC1.[Y]. The summed E-state index contributed by atoms with van der Waals surface area (Å²) in [5.74, 6) is 1.94. The van der Waals surface area contributed by atoms with Crippen LogP contribution in [0.25, 0.3) is 0 Å². The van der Waals surface area contributed by atoms with Gasteiger partial charge in [-0.1, -0.05) is 6.92 Å². The molecule has 1 rings (SSSR count). The van der Waals surface area contributed by atoms with Crippen molar-refractivity contribution in [3.05, 3.63) is 12.8 Å². The van der Waals surface area contributed by atoms with Gasteiger partial charge in [-0.05, 0) is 13.1 Å². The quantitative estimate of drug-likeness (QED) is 0.727. The van der Waals surface area contributed by atoms with Crippen molar-refractivity contribution in [1.29, 1.82) is 0 Å². The molecule has 0 aromatic heterocycles. The maximum atomic E-state index is 11.4. The largest absolute Gasteiger partial charge is 0.348 e. The molecular formula is C12H21NOY-2. The fourth-order valence-electron chi connectivity index (χ4n) is 1.92. The maximum absolute atomic E-state index is 11.4. The van der Waals surface area contributed by atoms with E-state index >= 15 is 0 Å². The van der Waals surface area contributed by atoms with E-state index < -0.39 is 0 Å². The van der Waals surface area contributed by atoms with E-state index in [-0.39, 0.29) is 32.7 Å². The zero-order chi connectivity index (χ0) is 10.4. The summed E-state index contributed by atoms with van der Waals surface area (Å²) in [7, 11) is 0. The number of unbranched alkanes of at least 4 members (excludes halogenated alkanes) is 1. The number of carbonyl (C=O) groups excluding carboxylic acids is 1. The van der Waals surface area contributed by atoms with Crippen LogP contribution >= 0.6 is 0 Å². The second kappa shape index (κ2) is 8.69. The Morgan fingerprint density at radius 2 is 2.00 bits per heavy atom. The Labute approximate surface area is 119 Å². The van der Waals surface area contributed by atoms with E-state index in [1.165, 1.54) is 12.8 Å². The molecular weight excluding hydrogens is 263 g/mol. The Bertz CT molecular complexity index is 176. The predicted molar refractivity (Wildman–Crippen MR) is 58.6 cm³/mol. The molecule has 1 amide bonds. The molecule has 1 aliphatic heterocycles. The van der Waals surface area contributed by atoms with Crippen molar-refractivity contribution in [2.45, 2.75) is 45.4 Å². The van der Waals surface area contributed by atoms with Crippen molar-refractivity contribution in [3.63, 3.8) is 0 Å². The average Bonchev–Trinajstić information content (AvgIpc) is 2.26. The molecule has 0 spiro atoms. The molecule has 1 saturated heterocycles.